The zero-order valence-electron chi connectivity index (χ0n) is 22.5. The number of nitrogens with zero attached hydrogens (tertiary/aromatic N) is 3. The summed E-state index contributed by atoms with van der Waals surface area (Å²) in [4.78, 5) is 53.7. The van der Waals surface area contributed by atoms with Crippen LogP contribution in [0, 0.1) is 18.7 Å². The van der Waals surface area contributed by atoms with Crippen LogP contribution in [0.15, 0.2) is 46.0 Å². The number of piperidine rings is 1. The first-order valence-corrected chi connectivity index (χ1v) is 13.5. The first kappa shape index (κ1) is 26.6. The lowest BCUT2D eigenvalue weighted by atomic mass is 10.0. The van der Waals surface area contributed by atoms with E-state index in [1.807, 2.05) is 32.9 Å². The zero-order chi connectivity index (χ0) is 27.8. The van der Waals surface area contributed by atoms with Crippen LogP contribution in [0.2, 0.25) is 0 Å². The molecule has 206 valence electrons. The molecule has 2 aromatic carbocycles. The molecule has 2 heterocycles. The second kappa shape index (κ2) is 10.7. The molecule has 39 heavy (non-hydrogen) atoms. The number of benzene rings is 2. The maximum Gasteiger partial charge on any atom is 0.331 e. The number of carbonyl (C=O) groups is 2. The minimum absolute atomic E-state index is 0.123. The standard InChI is InChI=1S/C29H34FN5O4/c1-17(2)35-25-14-23(30)24(13-22(25)27(37)34(29(35)39)15-19-8-9-19)32-28(38)33-12-4-5-21(16-33)31-26(36)20-10-6-18(3)7-11-20/h6-7,10-11,13-14,17,19,21H,4-5,8-9,12,15-16H2,1-3H3,(H,31,36)(H,32,38)/t21-/m1/s1. The fraction of sp³-hybridized carbons (Fsp3) is 0.448. The summed E-state index contributed by atoms with van der Waals surface area (Å²) in [6, 6.07) is 8.70. The van der Waals surface area contributed by atoms with Crippen LogP contribution in [0.1, 0.15) is 61.5 Å². The van der Waals surface area contributed by atoms with Gasteiger partial charge >= 0.3 is 11.7 Å². The van der Waals surface area contributed by atoms with Gasteiger partial charge in [0.25, 0.3) is 11.5 Å². The van der Waals surface area contributed by atoms with E-state index in [9.17, 15) is 19.2 Å². The molecule has 10 heteroatoms. The number of likely N-dealkylation sites (tertiary alicyclic amines) is 1. The van der Waals surface area contributed by atoms with Gasteiger partial charge in [-0.2, -0.15) is 0 Å². The Labute approximate surface area is 225 Å². The third kappa shape index (κ3) is 5.60. The average Bonchev–Trinajstić information content (AvgIpc) is 3.72. The third-order valence-electron chi connectivity index (χ3n) is 7.51. The SMILES string of the molecule is Cc1ccc(C(=O)N[C@@H]2CCCN(C(=O)Nc3cc4c(=O)n(CC5CC5)c(=O)n(C(C)C)c4cc3F)C2)cc1. The lowest BCUT2D eigenvalue weighted by molar-refractivity contribution is 0.0913. The Morgan fingerprint density at radius 3 is 2.46 bits per heavy atom. The van der Waals surface area contributed by atoms with Gasteiger partial charge in [-0.3, -0.25) is 18.7 Å². The Bertz CT molecular complexity index is 1540. The lowest BCUT2D eigenvalue weighted by Crippen LogP contribution is -2.50. The number of rotatable bonds is 6. The highest BCUT2D eigenvalue weighted by molar-refractivity contribution is 5.95. The molecule has 2 N–H and O–H groups in total. The second-order valence-corrected chi connectivity index (χ2v) is 11.0. The molecule has 2 aliphatic rings. The zero-order valence-corrected chi connectivity index (χ0v) is 22.5. The van der Waals surface area contributed by atoms with Gasteiger partial charge in [0.15, 0.2) is 0 Å². The van der Waals surface area contributed by atoms with E-state index in [1.54, 1.807) is 12.1 Å². The first-order chi connectivity index (χ1) is 18.6. The van der Waals surface area contributed by atoms with E-state index in [0.29, 0.717) is 31.0 Å². The smallest absolute Gasteiger partial charge is 0.331 e. The third-order valence-corrected chi connectivity index (χ3v) is 7.51. The Morgan fingerprint density at radius 2 is 1.79 bits per heavy atom. The maximum absolute atomic E-state index is 15.2. The molecule has 2 fully saturated rings. The number of nitrogens with one attached hydrogen (secondary N) is 2. The number of aryl methyl sites for hydroxylation is 1. The fourth-order valence-electron chi connectivity index (χ4n) is 5.16. The average molecular weight is 536 g/mol. The summed E-state index contributed by atoms with van der Waals surface area (Å²) in [5.41, 5.74) is 0.764. The summed E-state index contributed by atoms with van der Waals surface area (Å²) in [5.74, 6) is -0.640. The van der Waals surface area contributed by atoms with Crippen molar-refractivity contribution < 1.29 is 14.0 Å². The monoisotopic (exact) mass is 535 g/mol. The summed E-state index contributed by atoms with van der Waals surface area (Å²) in [6.07, 6.45) is 3.34. The van der Waals surface area contributed by atoms with Crippen molar-refractivity contribution in [2.75, 3.05) is 18.4 Å². The van der Waals surface area contributed by atoms with Gasteiger partial charge < -0.3 is 15.5 Å². The molecule has 0 unspecified atom stereocenters. The predicted octanol–water partition coefficient (Wildman–Crippen LogP) is 4.03. The highest BCUT2D eigenvalue weighted by Gasteiger charge is 2.28. The molecule has 3 amide bonds. The van der Waals surface area contributed by atoms with Crippen LogP contribution < -0.4 is 21.9 Å². The van der Waals surface area contributed by atoms with Crippen molar-refractivity contribution >= 4 is 28.5 Å². The molecule has 1 saturated heterocycles. The van der Waals surface area contributed by atoms with Crippen LogP contribution in [0.3, 0.4) is 0 Å². The molecule has 1 aromatic heterocycles. The molecule has 1 aliphatic heterocycles. The number of hydrogen-bond donors (Lipinski definition) is 2. The van der Waals surface area contributed by atoms with Crippen LogP contribution in [0.25, 0.3) is 10.9 Å². The number of carbonyl (C=O) groups excluding carboxylic acids is 2. The lowest BCUT2D eigenvalue weighted by Gasteiger charge is -2.33. The van der Waals surface area contributed by atoms with E-state index in [0.717, 1.165) is 30.9 Å². The quantitative estimate of drug-likeness (QED) is 0.497. The van der Waals surface area contributed by atoms with Gasteiger partial charge in [-0.15, -0.1) is 0 Å². The Balaban J connectivity index is 1.36. The van der Waals surface area contributed by atoms with Crippen molar-refractivity contribution in [2.24, 2.45) is 5.92 Å². The molecular formula is C29H34FN5O4. The maximum atomic E-state index is 15.2. The van der Waals surface area contributed by atoms with Gasteiger partial charge in [0.2, 0.25) is 0 Å². The van der Waals surface area contributed by atoms with Crippen LogP contribution >= 0.6 is 0 Å². The molecular weight excluding hydrogens is 501 g/mol. The van der Waals surface area contributed by atoms with Gasteiger partial charge in [0, 0.05) is 43.3 Å². The number of fused-ring (bicyclic) bond motifs is 1. The van der Waals surface area contributed by atoms with E-state index in [4.69, 9.17) is 0 Å². The number of aromatic nitrogens is 2. The highest BCUT2D eigenvalue weighted by atomic mass is 19.1. The minimum Gasteiger partial charge on any atom is -0.348 e. The number of urea groups is 1. The van der Waals surface area contributed by atoms with Crippen molar-refractivity contribution in [3.05, 3.63) is 74.2 Å². The fourth-order valence-corrected chi connectivity index (χ4v) is 5.16. The summed E-state index contributed by atoms with van der Waals surface area (Å²) in [7, 11) is 0. The molecule has 5 rings (SSSR count). The first-order valence-electron chi connectivity index (χ1n) is 13.5. The van der Waals surface area contributed by atoms with E-state index in [2.05, 4.69) is 10.6 Å². The van der Waals surface area contributed by atoms with Crippen LogP contribution in [-0.2, 0) is 6.54 Å². The van der Waals surface area contributed by atoms with E-state index in [-0.39, 0.29) is 41.1 Å². The number of amides is 3. The molecule has 1 saturated carbocycles. The van der Waals surface area contributed by atoms with Crippen molar-refractivity contribution in [2.45, 2.75) is 65.1 Å². The molecule has 0 radical (unpaired) electrons. The summed E-state index contributed by atoms with van der Waals surface area (Å²) in [5, 5.41) is 5.78. The molecule has 0 bridgehead atoms. The minimum atomic E-state index is -0.731. The number of halogens is 1. The van der Waals surface area contributed by atoms with Crippen LogP contribution in [0.5, 0.6) is 0 Å². The molecule has 3 aromatic rings. The Morgan fingerprint density at radius 1 is 1.08 bits per heavy atom. The van der Waals surface area contributed by atoms with Crippen molar-refractivity contribution in [1.82, 2.24) is 19.4 Å². The normalized spacial score (nSPS) is 17.5. The van der Waals surface area contributed by atoms with E-state index >= 15 is 4.39 Å². The van der Waals surface area contributed by atoms with Gasteiger partial charge in [-0.05, 0) is 70.6 Å². The number of anilines is 1. The summed E-state index contributed by atoms with van der Waals surface area (Å²) in [6.45, 7) is 6.64. The second-order valence-electron chi connectivity index (χ2n) is 11.0. The predicted molar refractivity (Wildman–Crippen MR) is 148 cm³/mol. The van der Waals surface area contributed by atoms with E-state index < -0.39 is 23.1 Å². The van der Waals surface area contributed by atoms with Gasteiger partial charge in [-0.1, -0.05) is 17.7 Å². The van der Waals surface area contributed by atoms with Crippen molar-refractivity contribution in [1.29, 1.82) is 0 Å². The Kier molecular flexibility index (Phi) is 7.29. The van der Waals surface area contributed by atoms with Crippen molar-refractivity contribution in [3.8, 4) is 0 Å². The van der Waals surface area contributed by atoms with Gasteiger partial charge in [-0.25, -0.2) is 14.0 Å². The van der Waals surface area contributed by atoms with Crippen LogP contribution in [0.4, 0.5) is 14.9 Å². The molecule has 9 nitrogen and oxygen atoms in total. The van der Waals surface area contributed by atoms with Gasteiger partial charge in [0.1, 0.15) is 5.82 Å². The topological polar surface area (TPSA) is 105 Å². The molecule has 1 atom stereocenters. The van der Waals surface area contributed by atoms with E-state index in [1.165, 1.54) is 20.1 Å². The highest BCUT2D eigenvalue weighted by Crippen LogP contribution is 2.30. The number of hydrogen-bond acceptors (Lipinski definition) is 4. The van der Waals surface area contributed by atoms with Crippen molar-refractivity contribution in [3.63, 3.8) is 0 Å². The molecule has 0 spiro atoms. The largest absolute Gasteiger partial charge is 0.348 e. The van der Waals surface area contributed by atoms with Gasteiger partial charge in [0.05, 0.1) is 16.6 Å². The Hall–Kier alpha value is -3.95. The van der Waals surface area contributed by atoms with Crippen LogP contribution in [-0.4, -0.2) is 45.1 Å². The molecule has 1 aliphatic carbocycles. The summed E-state index contributed by atoms with van der Waals surface area (Å²) < 4.78 is 17.9. The summed E-state index contributed by atoms with van der Waals surface area (Å²) >= 11 is 0.